The summed E-state index contributed by atoms with van der Waals surface area (Å²) in [6, 6.07) is 0. The molecule has 0 atom stereocenters. The number of allylic oxidation sites excluding steroid dienone is 3. The molecule has 0 rings (SSSR count). The Morgan fingerprint density at radius 1 is 1.45 bits per heavy atom. The van der Waals surface area contributed by atoms with Gasteiger partial charge in [0.25, 0.3) is 0 Å². The number of nitrogens with one attached hydrogen (secondary N) is 1. The number of likely N-dealkylation sites (N-methyl/N-ethyl adjacent to an activating group) is 1. The van der Waals surface area contributed by atoms with Crippen LogP contribution in [-0.4, -0.2) is 13.6 Å². The monoisotopic (exact) mass is 153 g/mol. The Hall–Kier alpha value is -0.560. The lowest BCUT2D eigenvalue weighted by atomic mass is 10.1. The molecule has 1 nitrogen and oxygen atoms in total. The summed E-state index contributed by atoms with van der Waals surface area (Å²) < 4.78 is 0. The number of hydrogen-bond donors (Lipinski definition) is 1. The predicted octanol–water partition coefficient (Wildman–Crippen LogP) is 2.51. The Balaban J connectivity index is 3.69. The molecule has 1 heteroatoms. The molecule has 0 unspecified atom stereocenters. The molecule has 0 aromatic rings. The van der Waals surface area contributed by atoms with E-state index in [1.54, 1.807) is 0 Å². The minimum atomic E-state index is 0.959. The summed E-state index contributed by atoms with van der Waals surface area (Å²) in [6.07, 6.45) is 8.95. The third-order valence-corrected chi connectivity index (χ3v) is 1.56. The normalized spacial score (nSPS) is 12.8. The quantitative estimate of drug-likeness (QED) is 0.598. The smallest absolute Gasteiger partial charge is 0.0135 e. The second kappa shape index (κ2) is 7.55. The highest BCUT2D eigenvalue weighted by Gasteiger charge is 1.86. The fourth-order valence-corrected chi connectivity index (χ4v) is 0.941. The van der Waals surface area contributed by atoms with Crippen molar-refractivity contribution in [3.8, 4) is 0 Å². The largest absolute Gasteiger partial charge is 0.316 e. The van der Waals surface area contributed by atoms with Crippen LogP contribution in [-0.2, 0) is 0 Å². The van der Waals surface area contributed by atoms with Crippen molar-refractivity contribution < 1.29 is 0 Å². The summed E-state index contributed by atoms with van der Waals surface area (Å²) in [4.78, 5) is 0. The molecule has 11 heavy (non-hydrogen) atoms. The lowest BCUT2D eigenvalue weighted by molar-refractivity contribution is 0.904. The lowest BCUT2D eigenvalue weighted by Gasteiger charge is -1.96. The van der Waals surface area contributed by atoms with Crippen molar-refractivity contribution in [1.29, 1.82) is 0 Å². The van der Waals surface area contributed by atoms with Gasteiger partial charge in [-0.1, -0.05) is 37.1 Å². The average molecular weight is 153 g/mol. The minimum Gasteiger partial charge on any atom is -0.316 e. The van der Waals surface area contributed by atoms with Gasteiger partial charge in [-0.2, -0.15) is 0 Å². The van der Waals surface area contributed by atoms with Crippen molar-refractivity contribution in [3.63, 3.8) is 0 Å². The fourth-order valence-electron chi connectivity index (χ4n) is 0.941. The first-order valence-corrected chi connectivity index (χ1v) is 4.31. The molecule has 0 fully saturated rings. The first-order chi connectivity index (χ1) is 5.35. The van der Waals surface area contributed by atoms with Gasteiger partial charge in [-0.25, -0.2) is 0 Å². The van der Waals surface area contributed by atoms with Crippen molar-refractivity contribution in [2.24, 2.45) is 0 Å². The summed E-state index contributed by atoms with van der Waals surface area (Å²) in [5.41, 5.74) is 1.43. The summed E-state index contributed by atoms with van der Waals surface area (Å²) in [6.45, 7) is 5.26. The zero-order valence-corrected chi connectivity index (χ0v) is 7.85. The Morgan fingerprint density at radius 2 is 2.18 bits per heavy atom. The molecule has 0 radical (unpaired) electrons. The van der Waals surface area contributed by atoms with E-state index in [0.29, 0.717) is 0 Å². The number of rotatable bonds is 5. The minimum absolute atomic E-state index is 0.959. The predicted molar refractivity (Wildman–Crippen MR) is 51.7 cm³/mol. The molecule has 0 saturated heterocycles. The van der Waals surface area contributed by atoms with Crippen molar-refractivity contribution in [1.82, 2.24) is 5.32 Å². The zero-order chi connectivity index (χ0) is 8.53. The first-order valence-electron chi connectivity index (χ1n) is 4.31. The summed E-state index contributed by atoms with van der Waals surface area (Å²) in [7, 11) is 1.96. The van der Waals surface area contributed by atoms with Gasteiger partial charge in [-0.3, -0.25) is 0 Å². The third-order valence-electron chi connectivity index (χ3n) is 1.56. The topological polar surface area (TPSA) is 12.0 Å². The Labute approximate surface area is 70.2 Å². The van der Waals surface area contributed by atoms with Crippen LogP contribution in [0, 0.1) is 0 Å². The molecular weight excluding hydrogens is 134 g/mol. The summed E-state index contributed by atoms with van der Waals surface area (Å²) >= 11 is 0. The molecule has 0 bridgehead atoms. The molecule has 0 spiro atoms. The van der Waals surface area contributed by atoms with Gasteiger partial charge < -0.3 is 5.32 Å². The molecule has 0 amide bonds. The molecule has 0 aliphatic carbocycles. The van der Waals surface area contributed by atoms with E-state index in [2.05, 4.69) is 37.4 Å². The van der Waals surface area contributed by atoms with Crippen molar-refractivity contribution >= 4 is 0 Å². The van der Waals surface area contributed by atoms with Crippen LogP contribution in [0.25, 0.3) is 0 Å². The molecule has 0 aromatic carbocycles. The van der Waals surface area contributed by atoms with E-state index in [-0.39, 0.29) is 0 Å². The standard InChI is InChI=1S/C10H19N/c1-4-7-10(5-2)8-6-9-11-3/h5-6,8,11H,4,7,9H2,1-3H3/b8-6-,10-5-. The summed E-state index contributed by atoms with van der Waals surface area (Å²) in [5, 5.41) is 3.08. The van der Waals surface area contributed by atoms with Crippen LogP contribution < -0.4 is 5.32 Å². The van der Waals surface area contributed by atoms with E-state index in [0.717, 1.165) is 6.54 Å². The highest BCUT2D eigenvalue weighted by molar-refractivity contribution is 5.17. The van der Waals surface area contributed by atoms with E-state index in [9.17, 15) is 0 Å². The van der Waals surface area contributed by atoms with Gasteiger partial charge in [0, 0.05) is 6.54 Å². The van der Waals surface area contributed by atoms with Gasteiger partial charge >= 0.3 is 0 Å². The fraction of sp³-hybridized carbons (Fsp3) is 0.600. The van der Waals surface area contributed by atoms with E-state index in [4.69, 9.17) is 0 Å². The maximum atomic E-state index is 3.08. The maximum Gasteiger partial charge on any atom is 0.0135 e. The van der Waals surface area contributed by atoms with Crippen LogP contribution in [0.2, 0.25) is 0 Å². The Kier molecular flexibility index (Phi) is 7.16. The van der Waals surface area contributed by atoms with Crippen LogP contribution in [0.4, 0.5) is 0 Å². The van der Waals surface area contributed by atoms with Crippen LogP contribution in [0.3, 0.4) is 0 Å². The van der Waals surface area contributed by atoms with Gasteiger partial charge in [0.15, 0.2) is 0 Å². The molecule has 0 aromatic heterocycles. The maximum absolute atomic E-state index is 3.08. The van der Waals surface area contributed by atoms with Gasteiger partial charge in [0.05, 0.1) is 0 Å². The van der Waals surface area contributed by atoms with E-state index < -0.39 is 0 Å². The van der Waals surface area contributed by atoms with Crippen molar-refractivity contribution in [2.75, 3.05) is 13.6 Å². The van der Waals surface area contributed by atoms with Gasteiger partial charge in [0.1, 0.15) is 0 Å². The van der Waals surface area contributed by atoms with Crippen LogP contribution >= 0.6 is 0 Å². The molecule has 1 N–H and O–H groups in total. The van der Waals surface area contributed by atoms with E-state index in [1.165, 1.54) is 18.4 Å². The summed E-state index contributed by atoms with van der Waals surface area (Å²) in [5.74, 6) is 0. The van der Waals surface area contributed by atoms with Gasteiger partial charge in [0.2, 0.25) is 0 Å². The zero-order valence-electron chi connectivity index (χ0n) is 7.85. The van der Waals surface area contributed by atoms with E-state index >= 15 is 0 Å². The van der Waals surface area contributed by atoms with Crippen LogP contribution in [0.1, 0.15) is 26.7 Å². The molecular formula is C10H19N. The van der Waals surface area contributed by atoms with Crippen molar-refractivity contribution in [2.45, 2.75) is 26.7 Å². The molecule has 0 aliphatic rings. The average Bonchev–Trinajstić information content (AvgIpc) is 2.03. The lowest BCUT2D eigenvalue weighted by Crippen LogP contribution is -2.03. The Morgan fingerprint density at radius 3 is 2.64 bits per heavy atom. The highest BCUT2D eigenvalue weighted by atomic mass is 14.8. The SMILES string of the molecule is C/C=C(\C=C/CNC)CCC. The second-order valence-electron chi connectivity index (χ2n) is 2.57. The van der Waals surface area contributed by atoms with Gasteiger partial charge in [-0.05, 0) is 20.4 Å². The van der Waals surface area contributed by atoms with Gasteiger partial charge in [-0.15, -0.1) is 0 Å². The molecule has 64 valence electrons. The molecule has 0 saturated carbocycles. The van der Waals surface area contributed by atoms with Crippen LogP contribution in [0.15, 0.2) is 23.8 Å². The first kappa shape index (κ1) is 10.4. The Bertz CT molecular complexity index is 134. The van der Waals surface area contributed by atoms with Crippen LogP contribution in [0.5, 0.6) is 0 Å². The van der Waals surface area contributed by atoms with E-state index in [1.807, 2.05) is 7.05 Å². The highest BCUT2D eigenvalue weighted by Crippen LogP contribution is 2.05. The van der Waals surface area contributed by atoms with Crippen molar-refractivity contribution in [3.05, 3.63) is 23.8 Å². The third kappa shape index (κ3) is 5.86. The second-order valence-corrected chi connectivity index (χ2v) is 2.57. The molecule has 0 aliphatic heterocycles. The molecule has 0 heterocycles. The number of hydrogen-bond acceptors (Lipinski definition) is 1.